The lowest BCUT2D eigenvalue weighted by molar-refractivity contribution is -0.123. The van der Waals surface area contributed by atoms with Gasteiger partial charge in [-0.3, -0.25) is 4.79 Å². The largest absolute Gasteiger partial charge is 0.484 e. The number of aromatic nitrogens is 2. The van der Waals surface area contributed by atoms with Gasteiger partial charge in [-0.15, -0.1) is 0 Å². The Labute approximate surface area is 181 Å². The van der Waals surface area contributed by atoms with E-state index < -0.39 is 0 Å². The molecule has 0 fully saturated rings. The molecule has 0 saturated heterocycles. The van der Waals surface area contributed by atoms with Crippen LogP contribution in [-0.4, -0.2) is 34.7 Å². The van der Waals surface area contributed by atoms with Crippen LogP contribution in [0.2, 0.25) is 0 Å². The first-order valence-electron chi connectivity index (χ1n) is 9.89. The van der Waals surface area contributed by atoms with Crippen molar-refractivity contribution >= 4 is 29.3 Å². The predicted molar refractivity (Wildman–Crippen MR) is 123 cm³/mol. The van der Waals surface area contributed by atoms with Gasteiger partial charge in [-0.25, -0.2) is 9.97 Å². The van der Waals surface area contributed by atoms with Crippen molar-refractivity contribution in [3.05, 3.63) is 59.8 Å². The Morgan fingerprint density at radius 2 is 2.06 bits per heavy atom. The average Bonchev–Trinajstić information content (AvgIpc) is 2.75. The van der Waals surface area contributed by atoms with Crippen LogP contribution >= 0.6 is 0 Å². The first kappa shape index (κ1) is 21.8. The molecule has 0 atom stereocenters. The van der Waals surface area contributed by atoms with E-state index in [9.17, 15) is 4.79 Å². The zero-order valence-electron chi connectivity index (χ0n) is 17.8. The van der Waals surface area contributed by atoms with Crippen molar-refractivity contribution < 1.29 is 9.53 Å². The number of benzene rings is 2. The summed E-state index contributed by atoms with van der Waals surface area (Å²) in [6, 6.07) is 12.7. The summed E-state index contributed by atoms with van der Waals surface area (Å²) in [6.45, 7) is 5.65. The first-order chi connectivity index (χ1) is 14.9. The van der Waals surface area contributed by atoms with Crippen LogP contribution < -0.4 is 21.1 Å². The number of anilines is 3. The van der Waals surface area contributed by atoms with E-state index in [1.54, 1.807) is 30.5 Å². The molecule has 0 aliphatic rings. The molecule has 1 heterocycles. The van der Waals surface area contributed by atoms with Crippen molar-refractivity contribution in [2.75, 3.05) is 17.7 Å². The van der Waals surface area contributed by atoms with E-state index in [2.05, 4.69) is 20.6 Å². The third-order valence-corrected chi connectivity index (χ3v) is 4.39. The predicted octanol–water partition coefficient (Wildman–Crippen LogP) is 3.68. The van der Waals surface area contributed by atoms with E-state index in [-0.39, 0.29) is 18.6 Å². The molecule has 160 valence electrons. The van der Waals surface area contributed by atoms with Crippen molar-refractivity contribution in [1.29, 1.82) is 5.41 Å². The van der Waals surface area contributed by atoms with Crippen molar-refractivity contribution in [2.45, 2.75) is 26.8 Å². The summed E-state index contributed by atoms with van der Waals surface area (Å²) in [5, 5.41) is 13.5. The van der Waals surface area contributed by atoms with E-state index in [1.807, 2.05) is 39.0 Å². The molecule has 5 N–H and O–H groups in total. The van der Waals surface area contributed by atoms with E-state index in [1.165, 1.54) is 6.21 Å². The number of ether oxygens (including phenoxy) is 1. The van der Waals surface area contributed by atoms with Crippen LogP contribution in [0.1, 0.15) is 25.0 Å². The van der Waals surface area contributed by atoms with Gasteiger partial charge in [-0.05, 0) is 51.1 Å². The smallest absolute Gasteiger partial charge is 0.258 e. The Morgan fingerprint density at radius 3 is 2.81 bits per heavy atom. The molecule has 0 bridgehead atoms. The summed E-state index contributed by atoms with van der Waals surface area (Å²) in [5.74, 6) is 1.55. The first-order valence-corrected chi connectivity index (χ1v) is 9.89. The molecule has 3 aromatic rings. The van der Waals surface area contributed by atoms with Crippen LogP contribution in [0.5, 0.6) is 5.75 Å². The second-order valence-corrected chi connectivity index (χ2v) is 7.38. The highest BCUT2D eigenvalue weighted by atomic mass is 16.5. The van der Waals surface area contributed by atoms with Gasteiger partial charge in [-0.1, -0.05) is 12.1 Å². The lowest BCUT2D eigenvalue weighted by Crippen LogP contribution is -2.34. The number of carbonyl (C=O) groups excluding carboxylic acids is 1. The Hall–Kier alpha value is -3.94. The number of nitrogens with zero attached hydrogens (tertiary/aromatic N) is 2. The van der Waals surface area contributed by atoms with Crippen LogP contribution in [0.3, 0.4) is 0 Å². The normalized spacial score (nSPS) is 10.6. The maximum atomic E-state index is 11.8. The monoisotopic (exact) mass is 418 g/mol. The molecule has 0 saturated carbocycles. The lowest BCUT2D eigenvalue weighted by atomic mass is 10.1. The third-order valence-electron chi connectivity index (χ3n) is 4.39. The van der Waals surface area contributed by atoms with Gasteiger partial charge in [0.25, 0.3) is 5.91 Å². The molecule has 1 aromatic heterocycles. The topological polar surface area (TPSA) is 126 Å². The maximum absolute atomic E-state index is 11.8. The van der Waals surface area contributed by atoms with Gasteiger partial charge in [0, 0.05) is 46.5 Å². The molecule has 0 spiro atoms. The quantitative estimate of drug-likeness (QED) is 0.327. The Morgan fingerprint density at radius 1 is 1.26 bits per heavy atom. The summed E-state index contributed by atoms with van der Waals surface area (Å²) in [7, 11) is 0. The van der Waals surface area contributed by atoms with Gasteiger partial charge >= 0.3 is 0 Å². The zero-order chi connectivity index (χ0) is 22.4. The Kier molecular flexibility index (Phi) is 6.81. The molecule has 1 amide bonds. The number of nitrogens with one attached hydrogen (secondary N) is 3. The molecule has 0 aliphatic heterocycles. The summed E-state index contributed by atoms with van der Waals surface area (Å²) >= 11 is 0. The van der Waals surface area contributed by atoms with Gasteiger partial charge in [0.15, 0.2) is 12.4 Å². The highest BCUT2D eigenvalue weighted by Gasteiger charge is 2.10. The van der Waals surface area contributed by atoms with Gasteiger partial charge in [0.2, 0.25) is 0 Å². The van der Waals surface area contributed by atoms with Crippen molar-refractivity contribution in [2.24, 2.45) is 0 Å². The minimum Gasteiger partial charge on any atom is -0.484 e. The number of nitrogen functional groups attached to an aromatic ring is 1. The van der Waals surface area contributed by atoms with E-state index in [4.69, 9.17) is 15.9 Å². The average molecular weight is 419 g/mol. The fourth-order valence-corrected chi connectivity index (χ4v) is 2.86. The number of hydrogen-bond donors (Lipinski definition) is 4. The fourth-order valence-electron chi connectivity index (χ4n) is 2.86. The number of aryl methyl sites for hydroxylation is 1. The second kappa shape index (κ2) is 9.71. The molecule has 2 aromatic carbocycles. The molecular weight excluding hydrogens is 392 g/mol. The molecular formula is C23H26N6O2. The van der Waals surface area contributed by atoms with Crippen molar-refractivity contribution in [3.8, 4) is 17.1 Å². The van der Waals surface area contributed by atoms with Gasteiger partial charge in [0.1, 0.15) is 11.6 Å². The second-order valence-electron chi connectivity index (χ2n) is 7.38. The minimum atomic E-state index is -0.175. The van der Waals surface area contributed by atoms with Gasteiger partial charge in [0.05, 0.1) is 0 Å². The van der Waals surface area contributed by atoms with E-state index in [0.29, 0.717) is 28.6 Å². The number of hydrogen-bond acceptors (Lipinski definition) is 7. The van der Waals surface area contributed by atoms with Gasteiger partial charge < -0.3 is 26.5 Å². The number of nitrogens with two attached hydrogens (primary N) is 1. The van der Waals surface area contributed by atoms with Crippen molar-refractivity contribution in [3.63, 3.8) is 0 Å². The van der Waals surface area contributed by atoms with Crippen LogP contribution in [0.25, 0.3) is 11.4 Å². The molecule has 31 heavy (non-hydrogen) atoms. The Balaban J connectivity index is 1.79. The summed E-state index contributed by atoms with van der Waals surface area (Å²) in [5.41, 5.74) is 9.44. The molecule has 0 unspecified atom stereocenters. The highest BCUT2D eigenvalue weighted by molar-refractivity contribution is 5.87. The Bertz CT molecular complexity index is 1100. The van der Waals surface area contributed by atoms with Crippen LogP contribution in [0.4, 0.5) is 17.2 Å². The van der Waals surface area contributed by atoms with Crippen molar-refractivity contribution in [1.82, 2.24) is 15.3 Å². The molecule has 3 rings (SSSR count). The van der Waals surface area contributed by atoms with Crippen LogP contribution in [0.15, 0.2) is 48.7 Å². The molecule has 0 aliphatic carbocycles. The maximum Gasteiger partial charge on any atom is 0.258 e. The molecule has 0 radical (unpaired) electrons. The zero-order valence-corrected chi connectivity index (χ0v) is 17.8. The number of rotatable bonds is 8. The van der Waals surface area contributed by atoms with E-state index >= 15 is 0 Å². The van der Waals surface area contributed by atoms with Gasteiger partial charge in [-0.2, -0.15) is 0 Å². The van der Waals surface area contributed by atoms with Crippen LogP contribution in [-0.2, 0) is 4.79 Å². The third kappa shape index (κ3) is 5.79. The molecule has 8 heteroatoms. The SMILES string of the molecule is Cc1cnc(-c2cccc(OCC(=O)NC(C)C)c2)nc1Nc1ccc(N)c(C=N)c1. The summed E-state index contributed by atoms with van der Waals surface area (Å²) in [6.07, 6.45) is 2.95. The minimum absolute atomic E-state index is 0.0598. The number of carbonyl (C=O) groups is 1. The van der Waals surface area contributed by atoms with E-state index in [0.717, 1.165) is 16.8 Å². The highest BCUT2D eigenvalue weighted by Crippen LogP contribution is 2.26. The standard InChI is InChI=1S/C23H26N6O2/c1-14(2)27-21(30)13-31-19-6-4-5-16(10-19)23-26-12-15(3)22(29-23)28-18-7-8-20(25)17(9-18)11-24/h4-12,14,24H,13,25H2,1-3H3,(H,27,30)(H,26,28,29). The number of amides is 1. The summed E-state index contributed by atoms with van der Waals surface area (Å²) < 4.78 is 5.60. The summed E-state index contributed by atoms with van der Waals surface area (Å²) in [4.78, 5) is 20.9. The molecule has 8 nitrogen and oxygen atoms in total. The van der Waals surface area contributed by atoms with Crippen LogP contribution in [0, 0.1) is 12.3 Å². The fraction of sp³-hybridized carbons (Fsp3) is 0.217. The lowest BCUT2D eigenvalue weighted by Gasteiger charge is -2.12.